The first kappa shape index (κ1) is 9.88. The summed E-state index contributed by atoms with van der Waals surface area (Å²) >= 11 is 0. The van der Waals surface area contributed by atoms with Gasteiger partial charge < -0.3 is 4.90 Å². The Kier molecular flexibility index (Phi) is 2.23. The van der Waals surface area contributed by atoms with Gasteiger partial charge >= 0.3 is 0 Å². The smallest absolute Gasteiger partial charge is 0.139 e. The van der Waals surface area contributed by atoms with Crippen molar-refractivity contribution in [3.8, 4) is 0 Å². The second-order valence-electron chi connectivity index (χ2n) is 4.93. The third-order valence-corrected chi connectivity index (χ3v) is 4.09. The molecule has 2 heterocycles. The second kappa shape index (κ2) is 3.62. The number of para-hydroxylation sites is 1. The lowest BCUT2D eigenvalue weighted by Crippen LogP contribution is -2.50. The summed E-state index contributed by atoms with van der Waals surface area (Å²) in [5.74, 6) is 0.655. The number of benzene rings is 1. The molecule has 1 aromatic rings. The van der Waals surface area contributed by atoms with Crippen LogP contribution in [-0.4, -0.2) is 18.4 Å². The highest BCUT2D eigenvalue weighted by Crippen LogP contribution is 2.36. The van der Waals surface area contributed by atoms with Crippen molar-refractivity contribution in [3.63, 3.8) is 0 Å². The van der Waals surface area contributed by atoms with Crippen LogP contribution in [0.15, 0.2) is 24.3 Å². The number of aryl methyl sites for hydroxylation is 1. The Bertz CT molecular complexity index is 426. The normalized spacial score (nSPS) is 28.6. The standard InChI is InChI=1S/C14H17NO/c1-10-12-7-6-11-4-2-3-5-13(11)15(12)9-8-14(10)16/h2-5,10,12H,6-9H2,1H3/t10-,12+/m1/s1. The predicted molar refractivity (Wildman–Crippen MR) is 64.7 cm³/mol. The van der Waals surface area contributed by atoms with E-state index in [4.69, 9.17) is 0 Å². The molecule has 0 aromatic heterocycles. The average Bonchev–Trinajstić information content (AvgIpc) is 2.33. The van der Waals surface area contributed by atoms with Gasteiger partial charge in [-0.25, -0.2) is 0 Å². The van der Waals surface area contributed by atoms with Crippen LogP contribution in [-0.2, 0) is 11.2 Å². The Balaban J connectivity index is 1.99. The van der Waals surface area contributed by atoms with Crippen LogP contribution in [0.5, 0.6) is 0 Å². The zero-order chi connectivity index (χ0) is 11.1. The molecule has 1 saturated heterocycles. The lowest BCUT2D eigenvalue weighted by molar-refractivity contribution is -0.124. The number of fused-ring (bicyclic) bond motifs is 3. The van der Waals surface area contributed by atoms with Crippen LogP contribution in [0.25, 0.3) is 0 Å². The first-order chi connectivity index (χ1) is 7.77. The van der Waals surface area contributed by atoms with Crippen LogP contribution in [0.4, 0.5) is 5.69 Å². The Morgan fingerprint density at radius 2 is 2.06 bits per heavy atom. The molecule has 0 N–H and O–H groups in total. The van der Waals surface area contributed by atoms with Crippen LogP contribution in [0.2, 0.25) is 0 Å². The van der Waals surface area contributed by atoms with Gasteiger partial charge in [-0.05, 0) is 24.5 Å². The van der Waals surface area contributed by atoms with E-state index in [0.717, 1.165) is 19.4 Å². The van der Waals surface area contributed by atoms with Crippen molar-refractivity contribution in [2.24, 2.45) is 5.92 Å². The number of carbonyl (C=O) groups excluding carboxylic acids is 1. The minimum Gasteiger partial charge on any atom is -0.367 e. The zero-order valence-electron chi connectivity index (χ0n) is 9.65. The molecule has 16 heavy (non-hydrogen) atoms. The van der Waals surface area contributed by atoms with Gasteiger partial charge in [-0.1, -0.05) is 25.1 Å². The lowest BCUT2D eigenvalue weighted by Gasteiger charge is -2.44. The van der Waals surface area contributed by atoms with E-state index in [1.54, 1.807) is 0 Å². The molecule has 0 spiro atoms. The Morgan fingerprint density at radius 3 is 2.94 bits per heavy atom. The largest absolute Gasteiger partial charge is 0.367 e. The third-order valence-electron chi connectivity index (χ3n) is 4.09. The van der Waals surface area contributed by atoms with E-state index in [0.29, 0.717) is 18.2 Å². The van der Waals surface area contributed by atoms with Crippen molar-refractivity contribution in [3.05, 3.63) is 29.8 Å². The number of hydrogen-bond donors (Lipinski definition) is 0. The van der Waals surface area contributed by atoms with Gasteiger partial charge in [0.1, 0.15) is 5.78 Å². The number of hydrogen-bond acceptors (Lipinski definition) is 2. The molecular weight excluding hydrogens is 198 g/mol. The van der Waals surface area contributed by atoms with E-state index < -0.39 is 0 Å². The second-order valence-corrected chi connectivity index (χ2v) is 4.93. The quantitative estimate of drug-likeness (QED) is 0.662. The maximum Gasteiger partial charge on any atom is 0.139 e. The summed E-state index contributed by atoms with van der Waals surface area (Å²) in [6, 6.07) is 9.06. The van der Waals surface area contributed by atoms with Gasteiger partial charge in [-0.3, -0.25) is 4.79 Å². The van der Waals surface area contributed by atoms with E-state index >= 15 is 0 Å². The summed E-state index contributed by atoms with van der Waals surface area (Å²) in [5, 5.41) is 0. The fourth-order valence-electron chi connectivity index (χ4n) is 3.12. The van der Waals surface area contributed by atoms with Crippen molar-refractivity contribution < 1.29 is 4.79 Å². The van der Waals surface area contributed by atoms with Crippen molar-refractivity contribution in [1.82, 2.24) is 0 Å². The van der Waals surface area contributed by atoms with Crippen LogP contribution in [0, 0.1) is 5.92 Å². The monoisotopic (exact) mass is 215 g/mol. The summed E-state index contributed by atoms with van der Waals surface area (Å²) in [5.41, 5.74) is 2.80. The number of rotatable bonds is 0. The van der Waals surface area contributed by atoms with Crippen LogP contribution in [0.1, 0.15) is 25.3 Å². The number of piperidine rings is 1. The number of carbonyl (C=O) groups is 1. The minimum atomic E-state index is 0.210. The van der Waals surface area contributed by atoms with Crippen LogP contribution >= 0.6 is 0 Å². The van der Waals surface area contributed by atoms with Gasteiger partial charge in [-0.2, -0.15) is 0 Å². The van der Waals surface area contributed by atoms with E-state index in [9.17, 15) is 4.79 Å². The summed E-state index contributed by atoms with van der Waals surface area (Å²) in [6.07, 6.45) is 2.96. The molecule has 0 radical (unpaired) electrons. The Labute approximate surface area is 96.3 Å². The number of nitrogens with zero attached hydrogens (tertiary/aromatic N) is 1. The molecule has 2 aliphatic rings. The molecule has 1 aromatic carbocycles. The van der Waals surface area contributed by atoms with Crippen molar-refractivity contribution >= 4 is 11.5 Å². The molecule has 3 rings (SSSR count). The summed E-state index contributed by atoms with van der Waals surface area (Å²) in [6.45, 7) is 3.00. The third kappa shape index (κ3) is 1.36. The lowest BCUT2D eigenvalue weighted by atomic mass is 9.82. The summed E-state index contributed by atoms with van der Waals surface area (Å²) in [7, 11) is 0. The van der Waals surface area contributed by atoms with Gasteiger partial charge in [0.15, 0.2) is 0 Å². The summed E-state index contributed by atoms with van der Waals surface area (Å²) in [4.78, 5) is 14.2. The van der Waals surface area contributed by atoms with Gasteiger partial charge in [0.05, 0.1) is 0 Å². The fourth-order valence-corrected chi connectivity index (χ4v) is 3.12. The van der Waals surface area contributed by atoms with Crippen molar-refractivity contribution in [2.45, 2.75) is 32.2 Å². The fraction of sp³-hybridized carbons (Fsp3) is 0.500. The molecule has 2 nitrogen and oxygen atoms in total. The first-order valence-electron chi connectivity index (χ1n) is 6.14. The highest BCUT2D eigenvalue weighted by Gasteiger charge is 2.36. The highest BCUT2D eigenvalue weighted by molar-refractivity contribution is 5.84. The topological polar surface area (TPSA) is 20.3 Å². The van der Waals surface area contributed by atoms with E-state index in [1.165, 1.54) is 11.3 Å². The summed E-state index contributed by atoms with van der Waals surface area (Å²) < 4.78 is 0. The van der Waals surface area contributed by atoms with E-state index in [-0.39, 0.29) is 5.92 Å². The Hall–Kier alpha value is -1.31. The molecule has 0 saturated carbocycles. The van der Waals surface area contributed by atoms with Crippen molar-refractivity contribution in [2.75, 3.05) is 11.4 Å². The van der Waals surface area contributed by atoms with Gasteiger partial charge in [-0.15, -0.1) is 0 Å². The first-order valence-corrected chi connectivity index (χ1v) is 6.14. The van der Waals surface area contributed by atoms with Crippen LogP contribution in [0.3, 0.4) is 0 Å². The molecule has 0 amide bonds. The molecule has 84 valence electrons. The van der Waals surface area contributed by atoms with Gasteiger partial charge in [0.25, 0.3) is 0 Å². The number of Topliss-reactive ketones (excluding diaryl/α,β-unsaturated/α-hetero) is 1. The van der Waals surface area contributed by atoms with Crippen LogP contribution < -0.4 is 4.90 Å². The Morgan fingerprint density at radius 1 is 1.25 bits per heavy atom. The number of anilines is 1. The van der Waals surface area contributed by atoms with E-state index in [2.05, 4.69) is 36.1 Å². The zero-order valence-corrected chi connectivity index (χ0v) is 9.65. The van der Waals surface area contributed by atoms with Gasteiger partial charge in [0, 0.05) is 30.6 Å². The SMILES string of the molecule is C[C@H]1C(=O)CCN2c3ccccc3CC[C@@H]12. The average molecular weight is 215 g/mol. The van der Waals surface area contributed by atoms with E-state index in [1.807, 2.05) is 0 Å². The predicted octanol–water partition coefficient (Wildman–Crippen LogP) is 2.42. The highest BCUT2D eigenvalue weighted by atomic mass is 16.1. The molecule has 2 atom stereocenters. The molecular formula is C14H17NO. The maximum absolute atomic E-state index is 11.7. The molecule has 0 unspecified atom stereocenters. The maximum atomic E-state index is 11.7. The molecule has 0 bridgehead atoms. The molecule has 2 aliphatic heterocycles. The minimum absolute atomic E-state index is 0.210. The molecule has 2 heteroatoms. The molecule has 0 aliphatic carbocycles. The van der Waals surface area contributed by atoms with Crippen molar-refractivity contribution in [1.29, 1.82) is 0 Å². The van der Waals surface area contributed by atoms with Gasteiger partial charge in [0.2, 0.25) is 0 Å². The molecule has 1 fully saturated rings. The number of ketones is 1.